The first-order chi connectivity index (χ1) is 13.2. The number of amides is 2. The molecule has 1 aliphatic heterocycles. The zero-order chi connectivity index (χ0) is 20.5. The number of halogens is 3. The zero-order valence-electron chi connectivity index (χ0n) is 16.0. The minimum atomic E-state index is -4.37. The number of nitrogens with one attached hydrogen (secondary N) is 1. The minimum absolute atomic E-state index is 0.00811. The van der Waals surface area contributed by atoms with Crippen molar-refractivity contribution in [2.24, 2.45) is 17.8 Å². The fraction of sp³-hybridized carbons (Fsp3) is 0.600. The van der Waals surface area contributed by atoms with Gasteiger partial charge in [-0.2, -0.15) is 13.2 Å². The van der Waals surface area contributed by atoms with Gasteiger partial charge in [0.1, 0.15) is 6.61 Å². The van der Waals surface area contributed by atoms with Gasteiger partial charge in [-0.25, -0.2) is 0 Å². The maximum atomic E-state index is 12.7. The molecule has 0 bridgehead atoms. The van der Waals surface area contributed by atoms with Crippen molar-refractivity contribution in [1.29, 1.82) is 0 Å². The number of hydrogen-bond acceptors (Lipinski definition) is 3. The van der Waals surface area contributed by atoms with Crippen LogP contribution in [0, 0.1) is 17.8 Å². The molecule has 1 aromatic rings. The number of rotatable bonds is 6. The summed E-state index contributed by atoms with van der Waals surface area (Å²) in [7, 11) is 1.46. The number of alkyl halides is 3. The van der Waals surface area contributed by atoms with E-state index in [4.69, 9.17) is 4.74 Å². The average molecular weight is 398 g/mol. The van der Waals surface area contributed by atoms with Crippen LogP contribution in [0.2, 0.25) is 0 Å². The van der Waals surface area contributed by atoms with Gasteiger partial charge in [0.15, 0.2) is 0 Å². The van der Waals surface area contributed by atoms with Gasteiger partial charge in [-0.05, 0) is 41.9 Å². The van der Waals surface area contributed by atoms with Crippen molar-refractivity contribution in [2.75, 3.05) is 20.3 Å². The normalized spacial score (nSPS) is 27.2. The Kier molecular flexibility index (Phi) is 5.98. The molecule has 5 nitrogen and oxygen atoms in total. The summed E-state index contributed by atoms with van der Waals surface area (Å²) in [5.41, 5.74) is -0.00488. The third-order valence-corrected chi connectivity index (χ3v) is 5.96. The maximum absolute atomic E-state index is 12.7. The van der Waals surface area contributed by atoms with Gasteiger partial charge >= 0.3 is 6.18 Å². The Bertz CT molecular complexity index is 720. The monoisotopic (exact) mass is 398 g/mol. The summed E-state index contributed by atoms with van der Waals surface area (Å²) in [6.45, 7) is 2.94. The van der Waals surface area contributed by atoms with E-state index < -0.39 is 11.7 Å². The number of carbonyl (C=O) groups excluding carboxylic acids is 2. The lowest BCUT2D eigenvalue weighted by Crippen LogP contribution is -2.36. The molecule has 1 N–H and O–H groups in total. The van der Waals surface area contributed by atoms with Crippen LogP contribution < -0.4 is 5.32 Å². The second-order valence-electron chi connectivity index (χ2n) is 7.77. The lowest BCUT2D eigenvalue weighted by atomic mass is 9.88. The molecule has 1 saturated heterocycles. The van der Waals surface area contributed by atoms with Crippen LogP contribution in [0.4, 0.5) is 13.2 Å². The van der Waals surface area contributed by atoms with E-state index in [2.05, 4.69) is 12.2 Å². The highest BCUT2D eigenvalue weighted by atomic mass is 19.4. The maximum Gasteiger partial charge on any atom is 0.416 e. The van der Waals surface area contributed by atoms with E-state index in [9.17, 15) is 22.8 Å². The van der Waals surface area contributed by atoms with Crippen molar-refractivity contribution >= 4 is 11.8 Å². The number of ether oxygens (including phenoxy) is 1. The van der Waals surface area contributed by atoms with E-state index in [0.717, 1.165) is 18.6 Å². The van der Waals surface area contributed by atoms with Crippen molar-refractivity contribution in [3.05, 3.63) is 35.4 Å². The third kappa shape index (κ3) is 4.32. The first kappa shape index (κ1) is 20.6. The molecule has 0 spiro atoms. The third-order valence-electron chi connectivity index (χ3n) is 5.96. The quantitative estimate of drug-likeness (QED) is 0.802. The van der Waals surface area contributed by atoms with Crippen molar-refractivity contribution in [2.45, 2.75) is 38.5 Å². The van der Waals surface area contributed by atoms with Crippen molar-refractivity contribution in [3.8, 4) is 0 Å². The van der Waals surface area contributed by atoms with Gasteiger partial charge in [0, 0.05) is 32.7 Å². The van der Waals surface area contributed by atoms with E-state index in [-0.39, 0.29) is 36.3 Å². The topological polar surface area (TPSA) is 58.6 Å². The molecule has 3 rings (SSSR count). The number of carbonyl (C=O) groups is 2. The number of likely N-dealkylation sites (tertiary alicyclic amines) is 1. The Morgan fingerprint density at radius 1 is 1.29 bits per heavy atom. The molecule has 0 radical (unpaired) electrons. The number of nitrogens with zero attached hydrogens (tertiary/aromatic N) is 1. The molecule has 8 heteroatoms. The Hall–Kier alpha value is -2.09. The second-order valence-corrected chi connectivity index (χ2v) is 7.77. The highest BCUT2D eigenvalue weighted by Crippen LogP contribution is 2.46. The molecule has 1 heterocycles. The van der Waals surface area contributed by atoms with Crippen LogP contribution in [-0.2, 0) is 27.0 Å². The van der Waals surface area contributed by atoms with Gasteiger partial charge < -0.3 is 15.0 Å². The molecule has 28 heavy (non-hydrogen) atoms. The summed E-state index contributed by atoms with van der Waals surface area (Å²) in [6, 6.07) is 5.04. The summed E-state index contributed by atoms with van der Waals surface area (Å²) in [6.07, 6.45) is -3.11. The van der Waals surface area contributed by atoms with Gasteiger partial charge in [0.2, 0.25) is 11.8 Å². The SMILES string of the molecule is COCC(=O)NC[C@H]1[C@@H]2CC(=O)N(Cc3ccc(C(F)(F)F)cc3)[C@@H]2C[C@@H]1C. The highest BCUT2D eigenvalue weighted by molar-refractivity contribution is 5.80. The van der Waals surface area contributed by atoms with Gasteiger partial charge in [-0.3, -0.25) is 9.59 Å². The predicted octanol–water partition coefficient (Wildman–Crippen LogP) is 2.84. The molecule has 0 aromatic heterocycles. The van der Waals surface area contributed by atoms with Crippen LogP contribution in [0.1, 0.15) is 30.9 Å². The van der Waals surface area contributed by atoms with Crippen LogP contribution in [0.5, 0.6) is 0 Å². The number of hydrogen-bond donors (Lipinski definition) is 1. The number of benzene rings is 1. The summed E-state index contributed by atoms with van der Waals surface area (Å²) in [5.74, 6) is 0.548. The minimum Gasteiger partial charge on any atom is -0.375 e. The Balaban J connectivity index is 1.65. The fourth-order valence-electron chi connectivity index (χ4n) is 4.56. The lowest BCUT2D eigenvalue weighted by molar-refractivity contribution is -0.137. The van der Waals surface area contributed by atoms with Crippen LogP contribution in [0.25, 0.3) is 0 Å². The molecule has 1 aliphatic carbocycles. The Labute approximate surface area is 162 Å². The van der Waals surface area contributed by atoms with Crippen LogP contribution in [0.3, 0.4) is 0 Å². The van der Waals surface area contributed by atoms with Crippen molar-refractivity contribution in [1.82, 2.24) is 10.2 Å². The summed E-state index contributed by atoms with van der Waals surface area (Å²) < 4.78 is 43.0. The van der Waals surface area contributed by atoms with E-state index >= 15 is 0 Å². The van der Waals surface area contributed by atoms with Gasteiger partial charge in [-0.1, -0.05) is 19.1 Å². The van der Waals surface area contributed by atoms with E-state index in [0.29, 0.717) is 31.0 Å². The summed E-state index contributed by atoms with van der Waals surface area (Å²) in [5, 5.41) is 2.87. The van der Waals surface area contributed by atoms with E-state index in [1.165, 1.54) is 19.2 Å². The predicted molar refractivity (Wildman–Crippen MR) is 96.0 cm³/mol. The molecule has 1 saturated carbocycles. The molecule has 0 unspecified atom stereocenters. The molecule has 4 atom stereocenters. The largest absolute Gasteiger partial charge is 0.416 e. The number of methoxy groups -OCH3 is 1. The second kappa shape index (κ2) is 8.11. The highest BCUT2D eigenvalue weighted by Gasteiger charge is 2.50. The molecule has 1 aromatic carbocycles. The standard InChI is InChI=1S/C20H25F3N2O3/c1-12-7-17-15(16(12)9-24-18(26)11-28-2)8-19(27)25(17)10-13-3-5-14(6-4-13)20(21,22)23/h3-6,12,15-17H,7-11H2,1-2H3,(H,24,26)/t12-,15-,16+,17+/m0/s1. The van der Waals surface area contributed by atoms with E-state index in [1.807, 2.05) is 0 Å². The molecule has 154 valence electrons. The van der Waals surface area contributed by atoms with Crippen molar-refractivity contribution < 1.29 is 27.5 Å². The molecule has 2 amide bonds. The summed E-state index contributed by atoms with van der Waals surface area (Å²) >= 11 is 0. The summed E-state index contributed by atoms with van der Waals surface area (Å²) in [4.78, 5) is 26.0. The smallest absolute Gasteiger partial charge is 0.375 e. The van der Waals surface area contributed by atoms with Gasteiger partial charge in [0.05, 0.1) is 5.56 Å². The number of fused-ring (bicyclic) bond motifs is 1. The Morgan fingerprint density at radius 2 is 1.96 bits per heavy atom. The first-order valence-electron chi connectivity index (χ1n) is 9.42. The van der Waals surface area contributed by atoms with Gasteiger partial charge in [0.25, 0.3) is 0 Å². The molecule has 2 fully saturated rings. The van der Waals surface area contributed by atoms with Crippen molar-refractivity contribution in [3.63, 3.8) is 0 Å². The van der Waals surface area contributed by atoms with Crippen LogP contribution >= 0.6 is 0 Å². The van der Waals surface area contributed by atoms with Crippen LogP contribution in [0.15, 0.2) is 24.3 Å². The fourth-order valence-corrected chi connectivity index (χ4v) is 4.56. The van der Waals surface area contributed by atoms with Gasteiger partial charge in [-0.15, -0.1) is 0 Å². The first-order valence-corrected chi connectivity index (χ1v) is 9.42. The lowest BCUT2D eigenvalue weighted by Gasteiger charge is -2.25. The van der Waals surface area contributed by atoms with E-state index in [1.54, 1.807) is 4.90 Å². The van der Waals surface area contributed by atoms with Crippen LogP contribution in [-0.4, -0.2) is 43.0 Å². The molecule has 2 aliphatic rings. The molecular weight excluding hydrogens is 373 g/mol. The molecular formula is C20H25F3N2O3. The Morgan fingerprint density at radius 3 is 2.57 bits per heavy atom. The zero-order valence-corrected chi connectivity index (χ0v) is 16.0. The average Bonchev–Trinajstić information content (AvgIpc) is 3.08.